The molecule has 0 saturated carbocycles. The van der Waals surface area contributed by atoms with E-state index in [2.05, 4.69) is 10.6 Å². The lowest BCUT2D eigenvalue weighted by Crippen LogP contribution is -2.39. The summed E-state index contributed by atoms with van der Waals surface area (Å²) in [6.45, 7) is -0.362. The summed E-state index contributed by atoms with van der Waals surface area (Å²) in [5, 5.41) is 13.9. The monoisotopic (exact) mass is 336 g/mol. The molecule has 2 rings (SSSR count). The molecule has 2 amide bonds. The zero-order valence-electron chi connectivity index (χ0n) is 11.9. The Hall–Kier alpha value is -2.44. The van der Waals surface area contributed by atoms with Crippen molar-refractivity contribution in [3.05, 3.63) is 64.9 Å². The average Bonchev–Trinajstić information content (AvgIpc) is 2.56. The van der Waals surface area contributed by atoms with Crippen molar-refractivity contribution in [1.82, 2.24) is 5.32 Å². The molecule has 0 saturated heterocycles. The summed E-state index contributed by atoms with van der Waals surface area (Å²) in [6.07, 6.45) is 0. The lowest BCUT2D eigenvalue weighted by molar-refractivity contribution is -0.136. The van der Waals surface area contributed by atoms with Gasteiger partial charge in [0.05, 0.1) is 17.7 Å². The van der Waals surface area contributed by atoms with Crippen LogP contribution in [0.25, 0.3) is 0 Å². The highest BCUT2D eigenvalue weighted by Crippen LogP contribution is 2.18. The van der Waals surface area contributed by atoms with E-state index in [1.54, 1.807) is 30.3 Å². The first-order chi connectivity index (χ1) is 11.0. The molecule has 0 bridgehead atoms. The zero-order valence-corrected chi connectivity index (χ0v) is 12.7. The second-order valence-electron chi connectivity index (χ2n) is 4.70. The van der Waals surface area contributed by atoms with Gasteiger partial charge in [-0.25, -0.2) is 4.39 Å². The molecule has 0 spiro atoms. The molecule has 3 N–H and O–H groups in total. The van der Waals surface area contributed by atoms with Gasteiger partial charge in [0, 0.05) is 5.69 Å². The van der Waals surface area contributed by atoms with Gasteiger partial charge in [-0.3, -0.25) is 9.59 Å². The number of aliphatic hydroxyl groups is 1. The van der Waals surface area contributed by atoms with Gasteiger partial charge in [0.1, 0.15) is 5.82 Å². The van der Waals surface area contributed by atoms with Gasteiger partial charge in [0.2, 0.25) is 0 Å². The van der Waals surface area contributed by atoms with E-state index >= 15 is 0 Å². The Labute approximate surface area is 137 Å². The predicted octanol–water partition coefficient (Wildman–Crippen LogP) is 2.27. The topological polar surface area (TPSA) is 78.4 Å². The third kappa shape index (κ3) is 4.51. The molecule has 0 heterocycles. The van der Waals surface area contributed by atoms with E-state index in [0.717, 1.165) is 6.07 Å². The first-order valence-corrected chi connectivity index (χ1v) is 7.11. The van der Waals surface area contributed by atoms with Crippen LogP contribution >= 0.6 is 11.6 Å². The van der Waals surface area contributed by atoms with Crippen LogP contribution in [0.3, 0.4) is 0 Å². The number of anilines is 1. The summed E-state index contributed by atoms with van der Waals surface area (Å²) in [5.41, 5.74) is 0.765. The van der Waals surface area contributed by atoms with Crippen LogP contribution in [-0.2, 0) is 9.59 Å². The minimum absolute atomic E-state index is 0.0862. The van der Waals surface area contributed by atoms with Crippen molar-refractivity contribution in [1.29, 1.82) is 0 Å². The maximum Gasteiger partial charge on any atom is 0.313 e. The van der Waals surface area contributed by atoms with Crippen molar-refractivity contribution < 1.29 is 19.1 Å². The maximum atomic E-state index is 13.3. The summed E-state index contributed by atoms with van der Waals surface area (Å²) < 4.78 is 13.3. The second-order valence-corrected chi connectivity index (χ2v) is 5.11. The standard InChI is InChI=1S/C16H14ClFN2O3/c17-12-7-6-11(8-13(12)18)19-15(22)16(23)20-14(9-21)10-4-2-1-3-5-10/h1-8,14,21H,9H2,(H,19,22)(H,20,23). The first-order valence-electron chi connectivity index (χ1n) is 6.74. The van der Waals surface area contributed by atoms with Gasteiger partial charge < -0.3 is 15.7 Å². The number of hydrogen-bond acceptors (Lipinski definition) is 3. The quantitative estimate of drug-likeness (QED) is 0.749. The van der Waals surface area contributed by atoms with Gasteiger partial charge in [-0.05, 0) is 23.8 Å². The number of rotatable bonds is 4. The van der Waals surface area contributed by atoms with Crippen LogP contribution in [0.2, 0.25) is 5.02 Å². The highest BCUT2D eigenvalue weighted by molar-refractivity contribution is 6.39. The van der Waals surface area contributed by atoms with Gasteiger partial charge >= 0.3 is 11.8 Å². The second kappa shape index (κ2) is 7.71. The van der Waals surface area contributed by atoms with E-state index in [1.165, 1.54) is 12.1 Å². The Bertz CT molecular complexity index is 710. The third-order valence-corrected chi connectivity index (χ3v) is 3.38. The van der Waals surface area contributed by atoms with E-state index in [9.17, 15) is 19.1 Å². The summed E-state index contributed by atoms with van der Waals surface area (Å²) in [6, 6.07) is 11.7. The smallest absolute Gasteiger partial charge is 0.313 e. The molecule has 7 heteroatoms. The van der Waals surface area contributed by atoms with Gasteiger partial charge in [-0.2, -0.15) is 0 Å². The fraction of sp³-hybridized carbons (Fsp3) is 0.125. The summed E-state index contributed by atoms with van der Waals surface area (Å²) in [5.74, 6) is -2.62. The van der Waals surface area contributed by atoms with Crippen molar-refractivity contribution in [3.63, 3.8) is 0 Å². The average molecular weight is 337 g/mol. The van der Waals surface area contributed by atoms with Crippen LogP contribution in [0.5, 0.6) is 0 Å². The molecule has 0 aliphatic carbocycles. The summed E-state index contributed by atoms with van der Waals surface area (Å²) >= 11 is 5.54. The normalized spacial score (nSPS) is 11.6. The van der Waals surface area contributed by atoms with Crippen LogP contribution in [0.4, 0.5) is 10.1 Å². The molecule has 0 radical (unpaired) electrons. The van der Waals surface area contributed by atoms with Crippen molar-refractivity contribution in [3.8, 4) is 0 Å². The minimum Gasteiger partial charge on any atom is -0.394 e. The van der Waals surface area contributed by atoms with Gasteiger partial charge in [-0.15, -0.1) is 0 Å². The summed E-state index contributed by atoms with van der Waals surface area (Å²) in [4.78, 5) is 23.7. The van der Waals surface area contributed by atoms with E-state index in [-0.39, 0.29) is 17.3 Å². The highest BCUT2D eigenvalue weighted by atomic mass is 35.5. The molecule has 2 aromatic carbocycles. The molecule has 1 unspecified atom stereocenters. The van der Waals surface area contributed by atoms with E-state index < -0.39 is 23.7 Å². The van der Waals surface area contributed by atoms with Crippen molar-refractivity contribution in [2.24, 2.45) is 0 Å². The number of halogens is 2. The van der Waals surface area contributed by atoms with Crippen LogP contribution in [0.15, 0.2) is 48.5 Å². The zero-order chi connectivity index (χ0) is 16.8. The van der Waals surface area contributed by atoms with Gasteiger partial charge in [0.15, 0.2) is 0 Å². The molecular weight excluding hydrogens is 323 g/mol. The van der Waals surface area contributed by atoms with E-state index in [4.69, 9.17) is 11.6 Å². The van der Waals surface area contributed by atoms with Crippen molar-refractivity contribution in [2.75, 3.05) is 11.9 Å². The number of aliphatic hydroxyl groups excluding tert-OH is 1. The van der Waals surface area contributed by atoms with E-state index in [0.29, 0.717) is 5.56 Å². The Kier molecular flexibility index (Phi) is 5.67. The molecule has 0 aromatic heterocycles. The van der Waals surface area contributed by atoms with Crippen LogP contribution in [-0.4, -0.2) is 23.5 Å². The Balaban J connectivity index is 2.01. The predicted molar refractivity (Wildman–Crippen MR) is 84.5 cm³/mol. The summed E-state index contributed by atoms with van der Waals surface area (Å²) in [7, 11) is 0. The molecule has 0 aliphatic heterocycles. The molecule has 23 heavy (non-hydrogen) atoms. The van der Waals surface area contributed by atoms with Crippen LogP contribution < -0.4 is 10.6 Å². The van der Waals surface area contributed by atoms with Gasteiger partial charge in [0.25, 0.3) is 0 Å². The number of amides is 2. The molecular formula is C16H14ClFN2O3. The number of benzene rings is 2. The molecule has 0 aliphatic rings. The highest BCUT2D eigenvalue weighted by Gasteiger charge is 2.19. The third-order valence-electron chi connectivity index (χ3n) is 3.07. The SMILES string of the molecule is O=C(Nc1ccc(Cl)c(F)c1)C(=O)NC(CO)c1ccccc1. The van der Waals surface area contributed by atoms with Crippen molar-refractivity contribution in [2.45, 2.75) is 6.04 Å². The van der Waals surface area contributed by atoms with Crippen molar-refractivity contribution >= 4 is 29.1 Å². The Morgan fingerprint density at radius 1 is 1.13 bits per heavy atom. The maximum absolute atomic E-state index is 13.3. The van der Waals surface area contributed by atoms with Gasteiger partial charge in [-0.1, -0.05) is 41.9 Å². The molecule has 5 nitrogen and oxygen atoms in total. The number of nitrogens with one attached hydrogen (secondary N) is 2. The van der Waals surface area contributed by atoms with E-state index in [1.807, 2.05) is 0 Å². The number of carbonyl (C=O) groups is 2. The lowest BCUT2D eigenvalue weighted by Gasteiger charge is -2.16. The largest absolute Gasteiger partial charge is 0.394 e. The number of hydrogen-bond donors (Lipinski definition) is 3. The fourth-order valence-electron chi connectivity index (χ4n) is 1.91. The minimum atomic E-state index is -0.971. The number of carbonyl (C=O) groups excluding carboxylic acids is 2. The Morgan fingerprint density at radius 2 is 1.83 bits per heavy atom. The fourth-order valence-corrected chi connectivity index (χ4v) is 2.02. The molecule has 0 fully saturated rings. The first kappa shape index (κ1) is 16.9. The Morgan fingerprint density at radius 3 is 2.43 bits per heavy atom. The molecule has 120 valence electrons. The van der Waals surface area contributed by atoms with Crippen LogP contribution in [0.1, 0.15) is 11.6 Å². The molecule has 1 atom stereocenters. The van der Waals surface area contributed by atoms with Crippen LogP contribution in [0, 0.1) is 5.82 Å². The lowest BCUT2D eigenvalue weighted by atomic mass is 10.1. The molecule has 2 aromatic rings.